The minimum atomic E-state index is -4.88. The number of carbonyl (C=O) groups excluding carboxylic acids is 2. The molecule has 8 nitrogen and oxygen atoms in total. The Hall–Kier alpha value is -4.74. The first kappa shape index (κ1) is 29.2. The highest BCUT2D eigenvalue weighted by Crippen LogP contribution is 2.38. The molecular formula is C29H27F4N5O3. The number of aryl methyl sites for hydroxylation is 1. The number of alkyl halides is 3. The van der Waals surface area contributed by atoms with Gasteiger partial charge in [0.15, 0.2) is 0 Å². The van der Waals surface area contributed by atoms with Crippen LogP contribution in [0.25, 0.3) is 22.4 Å². The second-order valence-electron chi connectivity index (χ2n) is 10.1. The van der Waals surface area contributed by atoms with E-state index in [4.69, 9.17) is 4.74 Å². The molecule has 2 aromatic carbocycles. The summed E-state index contributed by atoms with van der Waals surface area (Å²) in [5.41, 5.74) is -1.26. The number of nitrogens with zero attached hydrogens (tertiary/aromatic N) is 3. The number of carbonyl (C=O) groups is 2. The van der Waals surface area contributed by atoms with Crippen molar-refractivity contribution >= 4 is 17.7 Å². The van der Waals surface area contributed by atoms with Gasteiger partial charge < -0.3 is 15.4 Å². The molecular weight excluding hydrogens is 542 g/mol. The van der Waals surface area contributed by atoms with Crippen LogP contribution in [0.15, 0.2) is 67.0 Å². The quantitative estimate of drug-likeness (QED) is 0.256. The van der Waals surface area contributed by atoms with Crippen LogP contribution in [-0.2, 0) is 24.5 Å². The number of rotatable bonds is 6. The summed E-state index contributed by atoms with van der Waals surface area (Å²) in [6.45, 7) is 5.21. The minimum absolute atomic E-state index is 0.0178. The summed E-state index contributed by atoms with van der Waals surface area (Å²) < 4.78 is 62.7. The van der Waals surface area contributed by atoms with Crippen molar-refractivity contribution in [1.82, 2.24) is 20.1 Å². The van der Waals surface area contributed by atoms with Crippen LogP contribution in [0, 0.1) is 5.82 Å². The Morgan fingerprint density at radius 2 is 1.71 bits per heavy atom. The van der Waals surface area contributed by atoms with Crippen LogP contribution < -0.4 is 10.6 Å². The van der Waals surface area contributed by atoms with Gasteiger partial charge in [0.2, 0.25) is 0 Å². The van der Waals surface area contributed by atoms with Crippen LogP contribution in [0.1, 0.15) is 42.4 Å². The van der Waals surface area contributed by atoms with Crippen molar-refractivity contribution in [2.24, 2.45) is 7.05 Å². The smallest absolute Gasteiger partial charge is 0.417 e. The number of pyridine rings is 1. The van der Waals surface area contributed by atoms with Gasteiger partial charge in [0, 0.05) is 24.4 Å². The molecule has 0 radical (unpaired) electrons. The average Bonchev–Trinajstić information content (AvgIpc) is 3.32. The van der Waals surface area contributed by atoms with Gasteiger partial charge >= 0.3 is 12.3 Å². The average molecular weight is 570 g/mol. The first-order valence-corrected chi connectivity index (χ1v) is 12.4. The zero-order chi connectivity index (χ0) is 29.9. The Balaban J connectivity index is 1.68. The summed E-state index contributed by atoms with van der Waals surface area (Å²) in [7, 11) is 1.53. The van der Waals surface area contributed by atoms with Gasteiger partial charge in [0.05, 0.1) is 40.9 Å². The van der Waals surface area contributed by atoms with Gasteiger partial charge in [-0.15, -0.1) is 0 Å². The number of alkyl carbamates (subject to hydrolysis) is 1. The third-order valence-electron chi connectivity index (χ3n) is 5.75. The highest BCUT2D eigenvalue weighted by molar-refractivity contribution is 6.07. The molecule has 41 heavy (non-hydrogen) atoms. The lowest BCUT2D eigenvalue weighted by atomic mass is 9.99. The topological polar surface area (TPSA) is 98.1 Å². The van der Waals surface area contributed by atoms with Crippen molar-refractivity contribution in [1.29, 1.82) is 0 Å². The van der Waals surface area contributed by atoms with Crippen molar-refractivity contribution in [2.75, 3.05) is 5.32 Å². The van der Waals surface area contributed by atoms with Crippen LogP contribution in [0.5, 0.6) is 0 Å². The normalized spacial score (nSPS) is 11.7. The second-order valence-corrected chi connectivity index (χ2v) is 10.1. The number of hydrogen-bond acceptors (Lipinski definition) is 5. The summed E-state index contributed by atoms with van der Waals surface area (Å²) in [6, 6.07) is 13.0. The lowest BCUT2D eigenvalue weighted by Gasteiger charge is -2.20. The SMILES string of the molecule is Cn1ccc(-c2cc(C(=O)Nc3cnc(CNC(=O)OC(C)(C)C)cc3-c3ccccc3)c(F)cc2C(F)(F)F)n1. The predicted molar refractivity (Wildman–Crippen MR) is 144 cm³/mol. The number of halogens is 4. The molecule has 0 spiro atoms. The molecule has 214 valence electrons. The maximum atomic E-state index is 15.0. The first-order valence-electron chi connectivity index (χ1n) is 12.4. The highest BCUT2D eigenvalue weighted by Gasteiger charge is 2.36. The number of anilines is 1. The molecule has 4 rings (SSSR count). The van der Waals surface area contributed by atoms with Crippen LogP contribution in [0.2, 0.25) is 0 Å². The molecule has 2 aromatic heterocycles. The molecule has 12 heteroatoms. The Morgan fingerprint density at radius 3 is 2.32 bits per heavy atom. The van der Waals surface area contributed by atoms with E-state index < -0.39 is 46.3 Å². The van der Waals surface area contributed by atoms with E-state index in [-0.39, 0.29) is 17.9 Å². The van der Waals surface area contributed by atoms with E-state index >= 15 is 0 Å². The highest BCUT2D eigenvalue weighted by atomic mass is 19.4. The zero-order valence-corrected chi connectivity index (χ0v) is 22.6. The Labute approximate surface area is 233 Å². The predicted octanol–water partition coefficient (Wildman–Crippen LogP) is 6.58. The Bertz CT molecular complexity index is 1580. The molecule has 0 fully saturated rings. The van der Waals surface area contributed by atoms with Gasteiger partial charge in [-0.25, -0.2) is 9.18 Å². The Kier molecular flexibility index (Phi) is 8.13. The van der Waals surface area contributed by atoms with Gasteiger partial charge in [0.1, 0.15) is 11.4 Å². The number of hydrogen-bond donors (Lipinski definition) is 2. The fourth-order valence-electron chi connectivity index (χ4n) is 3.97. The van der Waals surface area contributed by atoms with Gasteiger partial charge in [-0.3, -0.25) is 14.5 Å². The maximum Gasteiger partial charge on any atom is 0.417 e. The molecule has 0 saturated carbocycles. The molecule has 0 bridgehead atoms. The van der Waals surface area contributed by atoms with E-state index in [2.05, 4.69) is 20.7 Å². The fourth-order valence-corrected chi connectivity index (χ4v) is 3.97. The zero-order valence-electron chi connectivity index (χ0n) is 22.6. The van der Waals surface area contributed by atoms with Crippen LogP contribution in [0.4, 0.5) is 28.0 Å². The second kappa shape index (κ2) is 11.4. The molecule has 0 saturated heterocycles. The van der Waals surface area contributed by atoms with Gasteiger partial charge in [-0.1, -0.05) is 30.3 Å². The van der Waals surface area contributed by atoms with E-state index in [1.807, 2.05) is 0 Å². The van der Waals surface area contributed by atoms with Gasteiger partial charge in [-0.2, -0.15) is 18.3 Å². The largest absolute Gasteiger partial charge is 0.444 e. The minimum Gasteiger partial charge on any atom is -0.444 e. The van der Waals surface area contributed by atoms with Gasteiger partial charge in [-0.05, 0) is 50.6 Å². The van der Waals surface area contributed by atoms with Crippen molar-refractivity contribution in [3.8, 4) is 22.4 Å². The van der Waals surface area contributed by atoms with E-state index in [1.54, 1.807) is 57.2 Å². The molecule has 2 N–H and O–H groups in total. The lowest BCUT2D eigenvalue weighted by Crippen LogP contribution is -2.32. The number of aromatic nitrogens is 3. The van der Waals surface area contributed by atoms with Gasteiger partial charge in [0.25, 0.3) is 5.91 Å². The van der Waals surface area contributed by atoms with Crippen LogP contribution >= 0.6 is 0 Å². The third-order valence-corrected chi connectivity index (χ3v) is 5.75. The van der Waals surface area contributed by atoms with Crippen LogP contribution in [0.3, 0.4) is 0 Å². The molecule has 0 unspecified atom stereocenters. The number of nitrogens with one attached hydrogen (secondary N) is 2. The summed E-state index contributed by atoms with van der Waals surface area (Å²) in [5.74, 6) is -2.33. The van der Waals surface area contributed by atoms with E-state index in [0.29, 0.717) is 22.9 Å². The monoisotopic (exact) mass is 569 g/mol. The first-order chi connectivity index (χ1) is 19.2. The standard InChI is InChI=1S/C29H27F4N5O3/c1-28(2,3)41-27(40)35-15-18-12-19(17-8-6-5-7-9-17)25(16-34-18)36-26(39)21-13-20(24-10-11-38(4)37-24)22(14-23(21)30)29(31,32)33/h5-14,16H,15H2,1-4H3,(H,35,40)(H,36,39). The van der Waals surface area contributed by atoms with Crippen molar-refractivity contribution in [3.63, 3.8) is 0 Å². The Morgan fingerprint density at radius 1 is 1.00 bits per heavy atom. The van der Waals surface area contributed by atoms with Crippen molar-refractivity contribution < 1.29 is 31.9 Å². The van der Waals surface area contributed by atoms with E-state index in [9.17, 15) is 27.2 Å². The van der Waals surface area contributed by atoms with Crippen molar-refractivity contribution in [3.05, 3.63) is 89.6 Å². The number of amides is 2. The number of benzene rings is 2. The molecule has 0 aliphatic rings. The molecule has 0 aliphatic heterocycles. The summed E-state index contributed by atoms with van der Waals surface area (Å²) >= 11 is 0. The number of ether oxygens (including phenoxy) is 1. The fraction of sp³-hybridized carbons (Fsp3) is 0.241. The summed E-state index contributed by atoms with van der Waals surface area (Å²) in [6.07, 6.45) is -2.75. The molecule has 2 amide bonds. The van der Waals surface area contributed by atoms with Crippen molar-refractivity contribution in [2.45, 2.75) is 39.1 Å². The lowest BCUT2D eigenvalue weighted by molar-refractivity contribution is -0.137. The summed E-state index contributed by atoms with van der Waals surface area (Å²) in [5, 5.41) is 9.18. The van der Waals surface area contributed by atoms with Crippen LogP contribution in [-0.4, -0.2) is 32.4 Å². The summed E-state index contributed by atoms with van der Waals surface area (Å²) in [4.78, 5) is 29.6. The molecule has 4 aromatic rings. The molecule has 2 heterocycles. The molecule has 0 atom stereocenters. The molecule has 0 aliphatic carbocycles. The van der Waals surface area contributed by atoms with E-state index in [1.165, 1.54) is 30.2 Å². The third kappa shape index (κ3) is 7.27. The maximum absolute atomic E-state index is 15.0. The van der Waals surface area contributed by atoms with E-state index in [0.717, 1.165) is 6.07 Å².